The van der Waals surface area contributed by atoms with Crippen molar-refractivity contribution in [3.63, 3.8) is 0 Å². The highest BCUT2D eigenvalue weighted by Gasteiger charge is 2.19. The van der Waals surface area contributed by atoms with E-state index in [9.17, 15) is 4.79 Å². The van der Waals surface area contributed by atoms with Gasteiger partial charge in [0.15, 0.2) is 0 Å². The zero-order chi connectivity index (χ0) is 7.40. The summed E-state index contributed by atoms with van der Waals surface area (Å²) in [5, 5.41) is 11.8. The quantitative estimate of drug-likeness (QED) is 0.485. The van der Waals surface area contributed by atoms with Crippen LogP contribution in [-0.2, 0) is 4.79 Å². The molecule has 1 atom stereocenters. The van der Waals surface area contributed by atoms with Crippen LogP contribution in [-0.4, -0.2) is 48.7 Å². The van der Waals surface area contributed by atoms with Crippen LogP contribution < -0.4 is 5.32 Å². The van der Waals surface area contributed by atoms with E-state index in [1.54, 1.807) is 6.41 Å². The van der Waals surface area contributed by atoms with Crippen molar-refractivity contribution < 1.29 is 9.90 Å². The lowest BCUT2D eigenvalue weighted by molar-refractivity contribution is 0.153. The third kappa shape index (κ3) is 1.46. The average Bonchev–Trinajstić information content (AvgIpc) is 2.04. The van der Waals surface area contributed by atoms with E-state index in [1.807, 2.05) is 0 Å². The maximum absolute atomic E-state index is 10.2. The van der Waals surface area contributed by atoms with Gasteiger partial charge in [-0.15, -0.1) is 0 Å². The second-order valence-corrected chi connectivity index (χ2v) is 2.33. The molecule has 1 fully saturated rings. The minimum Gasteiger partial charge on any atom is -0.394 e. The van der Waals surface area contributed by atoms with Gasteiger partial charge in [-0.1, -0.05) is 0 Å². The molecule has 0 aliphatic carbocycles. The molecule has 1 saturated heterocycles. The monoisotopic (exact) mass is 143 g/mol. The minimum absolute atomic E-state index is 0.0161. The van der Waals surface area contributed by atoms with E-state index in [-0.39, 0.29) is 12.6 Å². The molecule has 0 bridgehead atoms. The second-order valence-electron chi connectivity index (χ2n) is 2.33. The Morgan fingerprint density at radius 2 is 2.60 bits per heavy atom. The van der Waals surface area contributed by atoms with Crippen LogP contribution >= 0.6 is 0 Å². The van der Waals surface area contributed by atoms with Gasteiger partial charge in [-0.05, 0) is 0 Å². The van der Waals surface area contributed by atoms with Crippen LogP contribution in [0, 0.1) is 0 Å². The van der Waals surface area contributed by atoms with E-state index in [0.29, 0.717) is 13.1 Å². The normalized spacial score (nSPS) is 26.5. The number of piperazine rings is 1. The molecular weight excluding hydrogens is 132 g/mol. The first-order valence-corrected chi connectivity index (χ1v) is 3.34. The number of hydrogen-bond donors (Lipinski definition) is 2. The number of rotatable bonds is 2. The number of aliphatic hydroxyl groups excluding tert-OH is 1. The molecule has 0 aromatic carbocycles. The molecule has 0 aromatic heterocycles. The van der Waals surface area contributed by atoms with E-state index >= 15 is 0 Å². The maximum atomic E-state index is 10.2. The molecule has 1 rings (SSSR count). The average molecular weight is 143 g/mol. The number of carbonyl (C=O) groups excluding carboxylic acids is 1. The third-order valence-electron chi connectivity index (χ3n) is 1.68. The number of aliphatic hydroxyl groups is 1. The van der Waals surface area contributed by atoms with Crippen molar-refractivity contribution in [2.45, 2.75) is 6.04 Å². The number of nitrogens with one attached hydrogen (secondary N) is 1. The molecule has 0 spiro atoms. The van der Waals surface area contributed by atoms with Crippen LogP contribution in [0.25, 0.3) is 0 Å². The van der Waals surface area contributed by atoms with Crippen molar-refractivity contribution in [1.29, 1.82) is 0 Å². The lowest BCUT2D eigenvalue weighted by atomic mass is 10.2. The number of amides is 1. The standard InChI is InChI=1S/C6H11N2O2/c9-4-6-3-7-1-2-8(6)5-10/h6-7,9H,1-4H2. The van der Waals surface area contributed by atoms with Crippen molar-refractivity contribution in [2.75, 3.05) is 26.2 Å². The van der Waals surface area contributed by atoms with Gasteiger partial charge in [-0.2, -0.15) is 0 Å². The van der Waals surface area contributed by atoms with E-state index in [0.717, 1.165) is 6.54 Å². The van der Waals surface area contributed by atoms with Gasteiger partial charge in [0.1, 0.15) is 0 Å². The third-order valence-corrected chi connectivity index (χ3v) is 1.68. The highest BCUT2D eigenvalue weighted by atomic mass is 16.3. The first-order chi connectivity index (χ1) is 4.88. The summed E-state index contributed by atoms with van der Waals surface area (Å²) >= 11 is 0. The molecule has 1 radical (unpaired) electrons. The van der Waals surface area contributed by atoms with Crippen molar-refractivity contribution in [3.8, 4) is 0 Å². The molecule has 57 valence electrons. The zero-order valence-corrected chi connectivity index (χ0v) is 5.71. The van der Waals surface area contributed by atoms with Gasteiger partial charge in [-0.25, -0.2) is 0 Å². The molecule has 0 saturated carbocycles. The van der Waals surface area contributed by atoms with Gasteiger partial charge in [0.25, 0.3) is 0 Å². The van der Waals surface area contributed by atoms with Crippen LogP contribution in [0.2, 0.25) is 0 Å². The second kappa shape index (κ2) is 3.53. The van der Waals surface area contributed by atoms with Crippen LogP contribution in [0.3, 0.4) is 0 Å². The largest absolute Gasteiger partial charge is 0.394 e. The lowest BCUT2D eigenvalue weighted by Gasteiger charge is -2.30. The van der Waals surface area contributed by atoms with Gasteiger partial charge in [0.2, 0.25) is 0 Å². The van der Waals surface area contributed by atoms with Crippen LogP contribution in [0.5, 0.6) is 0 Å². The van der Waals surface area contributed by atoms with Crippen LogP contribution in [0.15, 0.2) is 0 Å². The first kappa shape index (κ1) is 7.50. The van der Waals surface area contributed by atoms with Gasteiger partial charge < -0.3 is 15.3 Å². The van der Waals surface area contributed by atoms with Crippen molar-refractivity contribution in [2.24, 2.45) is 0 Å². The molecule has 1 aliphatic heterocycles. The Bertz CT molecular complexity index is 118. The van der Waals surface area contributed by atoms with Crippen molar-refractivity contribution in [1.82, 2.24) is 10.2 Å². The fourth-order valence-electron chi connectivity index (χ4n) is 1.04. The Morgan fingerprint density at radius 1 is 1.80 bits per heavy atom. The summed E-state index contributed by atoms with van der Waals surface area (Å²) in [5.41, 5.74) is 0. The van der Waals surface area contributed by atoms with Gasteiger partial charge >= 0.3 is 6.41 Å². The van der Waals surface area contributed by atoms with Gasteiger partial charge in [0.05, 0.1) is 12.6 Å². The van der Waals surface area contributed by atoms with E-state index in [4.69, 9.17) is 5.11 Å². The Kier molecular flexibility index (Phi) is 2.65. The first-order valence-electron chi connectivity index (χ1n) is 3.34. The minimum atomic E-state index is -0.0775. The topological polar surface area (TPSA) is 52.6 Å². The van der Waals surface area contributed by atoms with E-state index in [2.05, 4.69) is 5.32 Å². The molecule has 10 heavy (non-hydrogen) atoms. The van der Waals surface area contributed by atoms with E-state index in [1.165, 1.54) is 4.90 Å². The predicted octanol–water partition coefficient (Wildman–Crippen LogP) is -1.68. The fourth-order valence-corrected chi connectivity index (χ4v) is 1.04. The molecule has 2 N–H and O–H groups in total. The molecule has 4 heteroatoms. The molecular formula is C6H11N2O2. The highest BCUT2D eigenvalue weighted by molar-refractivity contribution is 5.49. The van der Waals surface area contributed by atoms with Gasteiger partial charge in [-0.3, -0.25) is 4.79 Å². The summed E-state index contributed by atoms with van der Waals surface area (Å²) < 4.78 is 0. The van der Waals surface area contributed by atoms with Crippen molar-refractivity contribution >= 4 is 6.41 Å². The predicted molar refractivity (Wildman–Crippen MR) is 36.1 cm³/mol. The van der Waals surface area contributed by atoms with Crippen LogP contribution in [0.4, 0.5) is 0 Å². The van der Waals surface area contributed by atoms with Crippen molar-refractivity contribution in [3.05, 3.63) is 0 Å². The summed E-state index contributed by atoms with van der Waals surface area (Å²) in [6.45, 7) is 2.13. The number of hydrogen-bond acceptors (Lipinski definition) is 3. The smallest absolute Gasteiger partial charge is 0.312 e. The molecule has 1 aliphatic rings. The van der Waals surface area contributed by atoms with E-state index < -0.39 is 0 Å². The Morgan fingerprint density at radius 3 is 3.10 bits per heavy atom. The summed E-state index contributed by atoms with van der Waals surface area (Å²) in [6, 6.07) is -0.0775. The summed E-state index contributed by atoms with van der Waals surface area (Å²) in [6.07, 6.45) is 1.79. The van der Waals surface area contributed by atoms with Crippen LogP contribution in [0.1, 0.15) is 0 Å². The van der Waals surface area contributed by atoms with Gasteiger partial charge in [0, 0.05) is 19.6 Å². The Balaban J connectivity index is 2.41. The molecule has 1 amide bonds. The lowest BCUT2D eigenvalue weighted by Crippen LogP contribution is -2.52. The summed E-state index contributed by atoms with van der Waals surface area (Å²) in [5.74, 6) is 0. The Hall–Kier alpha value is -0.610. The molecule has 0 aromatic rings. The molecule has 4 nitrogen and oxygen atoms in total. The summed E-state index contributed by atoms with van der Waals surface area (Å²) in [4.78, 5) is 11.7. The fraction of sp³-hybridized carbons (Fsp3) is 0.833. The maximum Gasteiger partial charge on any atom is 0.312 e. The summed E-state index contributed by atoms with van der Waals surface area (Å²) in [7, 11) is 0. The molecule has 1 unspecified atom stereocenters. The Labute approximate surface area is 59.8 Å². The zero-order valence-electron chi connectivity index (χ0n) is 5.71. The highest BCUT2D eigenvalue weighted by Crippen LogP contribution is 1.97. The molecule has 1 heterocycles. The SMILES string of the molecule is O=[C]N1CCNCC1CO. The number of nitrogens with zero attached hydrogens (tertiary/aromatic N) is 1.